The maximum atomic E-state index is 6.05. The van der Waals surface area contributed by atoms with E-state index >= 15 is 0 Å². The Morgan fingerprint density at radius 2 is 1.67 bits per heavy atom. The van der Waals surface area contributed by atoms with Gasteiger partial charge in [-0.3, -0.25) is 0 Å². The lowest BCUT2D eigenvalue weighted by Gasteiger charge is -2.08. The Hall–Kier alpha value is -1.31. The molecule has 0 bridgehead atoms. The summed E-state index contributed by atoms with van der Waals surface area (Å²) in [5.41, 5.74) is 2.29. The van der Waals surface area contributed by atoms with Crippen LogP contribution >= 0.6 is 27.5 Å². The van der Waals surface area contributed by atoms with Gasteiger partial charge in [-0.05, 0) is 50.0 Å². The van der Waals surface area contributed by atoms with Crippen LogP contribution in [0.15, 0.2) is 65.1 Å². The first-order valence-electron chi connectivity index (χ1n) is 5.69. The summed E-state index contributed by atoms with van der Waals surface area (Å²) >= 11 is 9.75. The number of hydrogen-bond acceptors (Lipinski definition) is 0. The van der Waals surface area contributed by atoms with Crippen LogP contribution in [0.4, 0.5) is 0 Å². The predicted molar refractivity (Wildman–Crippen MR) is 82.1 cm³/mol. The summed E-state index contributed by atoms with van der Waals surface area (Å²) in [6, 6.07) is 20.5. The molecule has 88 valence electrons. The molecule has 0 fully saturated rings. The zero-order chi connectivity index (χ0) is 12.5. The molecule has 0 N–H and O–H groups in total. The molecule has 3 aromatic carbocycles. The number of fused-ring (bicyclic) bond motifs is 1. The molecule has 0 aliphatic heterocycles. The second kappa shape index (κ2) is 4.75. The van der Waals surface area contributed by atoms with Gasteiger partial charge in [-0.2, -0.15) is 0 Å². The first kappa shape index (κ1) is 11.8. The number of benzene rings is 3. The van der Waals surface area contributed by atoms with E-state index in [1.165, 1.54) is 10.8 Å². The monoisotopic (exact) mass is 316 g/mol. The molecule has 0 saturated heterocycles. The number of hydrogen-bond donors (Lipinski definition) is 0. The maximum absolute atomic E-state index is 6.05. The Labute approximate surface area is 119 Å². The van der Waals surface area contributed by atoms with E-state index in [1.54, 1.807) is 0 Å². The van der Waals surface area contributed by atoms with Gasteiger partial charge in [0.15, 0.2) is 0 Å². The van der Waals surface area contributed by atoms with Gasteiger partial charge in [0.1, 0.15) is 0 Å². The van der Waals surface area contributed by atoms with Crippen LogP contribution in [-0.2, 0) is 0 Å². The zero-order valence-electron chi connectivity index (χ0n) is 9.53. The molecule has 2 heteroatoms. The van der Waals surface area contributed by atoms with Gasteiger partial charge < -0.3 is 0 Å². The third kappa shape index (κ3) is 2.05. The highest BCUT2D eigenvalue weighted by Crippen LogP contribution is 2.35. The molecule has 0 saturated carbocycles. The van der Waals surface area contributed by atoms with Gasteiger partial charge in [-0.15, -0.1) is 0 Å². The molecule has 0 spiro atoms. The SMILES string of the molecule is Clc1cccc(-c2ccc3ccccc3c2Br)c1. The summed E-state index contributed by atoms with van der Waals surface area (Å²) in [6.07, 6.45) is 0. The lowest BCUT2D eigenvalue weighted by molar-refractivity contribution is 1.62. The first-order valence-corrected chi connectivity index (χ1v) is 6.86. The summed E-state index contributed by atoms with van der Waals surface area (Å²) in [5.74, 6) is 0. The third-order valence-corrected chi connectivity index (χ3v) is 4.09. The minimum Gasteiger partial charge on any atom is -0.0843 e. The Bertz CT molecular complexity index is 719. The van der Waals surface area contributed by atoms with Crippen LogP contribution in [0.25, 0.3) is 21.9 Å². The Kier molecular flexibility index (Phi) is 3.11. The van der Waals surface area contributed by atoms with Gasteiger partial charge in [-0.1, -0.05) is 60.1 Å². The summed E-state index contributed by atoms with van der Waals surface area (Å²) in [7, 11) is 0. The van der Waals surface area contributed by atoms with Gasteiger partial charge >= 0.3 is 0 Å². The summed E-state index contributed by atoms with van der Waals surface area (Å²) < 4.78 is 1.11. The van der Waals surface area contributed by atoms with Crippen molar-refractivity contribution >= 4 is 38.3 Å². The van der Waals surface area contributed by atoms with E-state index in [0.717, 1.165) is 20.6 Å². The molecule has 0 unspecified atom stereocenters. The molecule has 0 aliphatic carbocycles. The van der Waals surface area contributed by atoms with Crippen molar-refractivity contribution in [3.05, 3.63) is 70.2 Å². The highest BCUT2D eigenvalue weighted by Gasteiger charge is 2.07. The second-order valence-corrected chi connectivity index (χ2v) is 5.39. The average Bonchev–Trinajstić information content (AvgIpc) is 2.39. The standard InChI is InChI=1S/C16H10BrCl/c17-16-14-7-2-1-4-11(14)8-9-15(16)12-5-3-6-13(18)10-12/h1-10H. The lowest BCUT2D eigenvalue weighted by atomic mass is 10.0. The molecule has 18 heavy (non-hydrogen) atoms. The van der Waals surface area contributed by atoms with Crippen LogP contribution in [0.5, 0.6) is 0 Å². The molecule has 0 heterocycles. The lowest BCUT2D eigenvalue weighted by Crippen LogP contribution is -1.82. The quantitative estimate of drug-likeness (QED) is 0.522. The highest BCUT2D eigenvalue weighted by atomic mass is 79.9. The number of halogens is 2. The molecule has 0 nitrogen and oxygen atoms in total. The van der Waals surface area contributed by atoms with Crippen LogP contribution < -0.4 is 0 Å². The Morgan fingerprint density at radius 3 is 2.50 bits per heavy atom. The fourth-order valence-electron chi connectivity index (χ4n) is 2.11. The fraction of sp³-hybridized carbons (Fsp3) is 0. The largest absolute Gasteiger partial charge is 0.0843 e. The Balaban J connectivity index is 2.27. The van der Waals surface area contributed by atoms with Crippen molar-refractivity contribution in [3.8, 4) is 11.1 Å². The van der Waals surface area contributed by atoms with Crippen molar-refractivity contribution in [2.45, 2.75) is 0 Å². The minimum absolute atomic E-state index is 0.757. The van der Waals surface area contributed by atoms with Crippen molar-refractivity contribution in [2.24, 2.45) is 0 Å². The normalized spacial score (nSPS) is 10.8. The summed E-state index contributed by atoms with van der Waals surface area (Å²) in [4.78, 5) is 0. The highest BCUT2D eigenvalue weighted by molar-refractivity contribution is 9.10. The van der Waals surface area contributed by atoms with E-state index in [4.69, 9.17) is 11.6 Å². The van der Waals surface area contributed by atoms with Crippen molar-refractivity contribution in [3.63, 3.8) is 0 Å². The third-order valence-electron chi connectivity index (χ3n) is 3.00. The van der Waals surface area contributed by atoms with E-state index in [9.17, 15) is 0 Å². The summed E-state index contributed by atoms with van der Waals surface area (Å²) in [6.45, 7) is 0. The van der Waals surface area contributed by atoms with Crippen LogP contribution in [-0.4, -0.2) is 0 Å². The molecule has 0 atom stereocenters. The van der Waals surface area contributed by atoms with Gasteiger partial charge in [0, 0.05) is 9.50 Å². The van der Waals surface area contributed by atoms with E-state index in [-0.39, 0.29) is 0 Å². The molecular formula is C16H10BrCl. The Morgan fingerprint density at radius 1 is 0.833 bits per heavy atom. The maximum Gasteiger partial charge on any atom is 0.0412 e. The van der Waals surface area contributed by atoms with Gasteiger partial charge in [0.2, 0.25) is 0 Å². The van der Waals surface area contributed by atoms with Crippen LogP contribution in [0, 0.1) is 0 Å². The average molecular weight is 318 g/mol. The van der Waals surface area contributed by atoms with E-state index in [0.29, 0.717) is 0 Å². The van der Waals surface area contributed by atoms with Crippen LogP contribution in [0.2, 0.25) is 5.02 Å². The fourth-order valence-corrected chi connectivity index (χ4v) is 3.03. The smallest absolute Gasteiger partial charge is 0.0412 e. The molecule has 0 aliphatic rings. The zero-order valence-corrected chi connectivity index (χ0v) is 11.9. The van der Waals surface area contributed by atoms with Crippen molar-refractivity contribution in [1.29, 1.82) is 0 Å². The van der Waals surface area contributed by atoms with Crippen LogP contribution in [0.3, 0.4) is 0 Å². The van der Waals surface area contributed by atoms with Crippen molar-refractivity contribution in [2.75, 3.05) is 0 Å². The minimum atomic E-state index is 0.757. The molecule has 0 radical (unpaired) electrons. The van der Waals surface area contributed by atoms with Gasteiger partial charge in [0.05, 0.1) is 0 Å². The van der Waals surface area contributed by atoms with Crippen molar-refractivity contribution < 1.29 is 0 Å². The summed E-state index contributed by atoms with van der Waals surface area (Å²) in [5, 5.41) is 3.21. The van der Waals surface area contributed by atoms with E-state index in [2.05, 4.69) is 52.3 Å². The van der Waals surface area contributed by atoms with Crippen molar-refractivity contribution in [1.82, 2.24) is 0 Å². The molecule has 0 aromatic heterocycles. The topological polar surface area (TPSA) is 0 Å². The first-order chi connectivity index (χ1) is 8.75. The predicted octanol–water partition coefficient (Wildman–Crippen LogP) is 5.92. The second-order valence-electron chi connectivity index (χ2n) is 4.16. The molecule has 3 rings (SSSR count). The van der Waals surface area contributed by atoms with Gasteiger partial charge in [0.25, 0.3) is 0 Å². The van der Waals surface area contributed by atoms with Gasteiger partial charge in [-0.25, -0.2) is 0 Å². The van der Waals surface area contributed by atoms with E-state index < -0.39 is 0 Å². The number of rotatable bonds is 1. The molecule has 0 amide bonds. The van der Waals surface area contributed by atoms with Crippen LogP contribution in [0.1, 0.15) is 0 Å². The molecular weight excluding hydrogens is 308 g/mol. The van der Waals surface area contributed by atoms with E-state index in [1.807, 2.05) is 24.3 Å². The molecule has 3 aromatic rings.